The molecule has 0 amide bonds. The minimum absolute atomic E-state index is 0.331. The Kier molecular flexibility index (Phi) is 5.93. The highest BCUT2D eigenvalue weighted by molar-refractivity contribution is 7.89. The van der Waals surface area contributed by atoms with Crippen LogP contribution in [0.25, 0.3) is 0 Å². The molecule has 1 aromatic carbocycles. The number of hydrogen-bond acceptors (Lipinski definition) is 4. The van der Waals surface area contributed by atoms with E-state index in [4.69, 9.17) is 0 Å². The molecule has 2 N–H and O–H groups in total. The molecule has 1 aromatic rings. The number of nitrogens with one attached hydrogen (secondary N) is 2. The van der Waals surface area contributed by atoms with E-state index < -0.39 is 10.0 Å². The van der Waals surface area contributed by atoms with Gasteiger partial charge in [-0.05, 0) is 37.1 Å². The smallest absolute Gasteiger partial charge is 0.253 e. The van der Waals surface area contributed by atoms with Gasteiger partial charge in [0, 0.05) is 20.6 Å². The minimum Gasteiger partial charge on any atom is -0.313 e. The van der Waals surface area contributed by atoms with Crippen molar-refractivity contribution in [2.75, 3.05) is 20.6 Å². The summed E-state index contributed by atoms with van der Waals surface area (Å²) < 4.78 is 24.3. The normalized spacial score (nSPS) is 12.1. The molecule has 19 heavy (non-hydrogen) atoms. The highest BCUT2D eigenvalue weighted by Gasteiger charge is 2.17. The van der Waals surface area contributed by atoms with Gasteiger partial charge in [-0.25, -0.2) is 13.4 Å². The van der Waals surface area contributed by atoms with Gasteiger partial charge in [-0.1, -0.05) is 19.1 Å². The van der Waals surface area contributed by atoms with Crippen LogP contribution < -0.4 is 10.1 Å². The fraction of sp³-hybridized carbons (Fsp3) is 0.538. The van der Waals surface area contributed by atoms with Crippen LogP contribution in [0.1, 0.15) is 24.5 Å². The van der Waals surface area contributed by atoms with Crippen molar-refractivity contribution >= 4 is 10.0 Å². The number of aryl methyl sites for hydroxylation is 1. The zero-order valence-electron chi connectivity index (χ0n) is 12.0. The third-order valence-electron chi connectivity index (χ3n) is 2.60. The predicted molar refractivity (Wildman–Crippen MR) is 77.2 cm³/mol. The Morgan fingerprint density at radius 1 is 1.26 bits per heavy atom. The second kappa shape index (κ2) is 7.00. The molecule has 1 rings (SSSR count). The first-order valence-electron chi connectivity index (χ1n) is 6.37. The summed E-state index contributed by atoms with van der Waals surface area (Å²) in [5, 5.41) is 4.69. The van der Waals surface area contributed by atoms with E-state index in [0.29, 0.717) is 11.4 Å². The first kappa shape index (κ1) is 16.1. The van der Waals surface area contributed by atoms with Gasteiger partial charge < -0.3 is 5.32 Å². The molecule has 0 spiro atoms. The SMILES string of the molecule is CCCNCc1ccc(C)c(S(=O)(=O)NN(C)C)c1. The maximum Gasteiger partial charge on any atom is 0.253 e. The molecule has 6 heteroatoms. The largest absolute Gasteiger partial charge is 0.313 e. The molecule has 0 aromatic heterocycles. The van der Waals surface area contributed by atoms with E-state index in [0.717, 1.165) is 24.1 Å². The van der Waals surface area contributed by atoms with Crippen LogP contribution in [0.3, 0.4) is 0 Å². The van der Waals surface area contributed by atoms with E-state index in [1.807, 2.05) is 12.1 Å². The van der Waals surface area contributed by atoms with Crippen molar-refractivity contribution in [3.8, 4) is 0 Å². The van der Waals surface area contributed by atoms with Crippen LogP contribution in [0.2, 0.25) is 0 Å². The van der Waals surface area contributed by atoms with Crippen LogP contribution in [-0.2, 0) is 16.6 Å². The van der Waals surface area contributed by atoms with Crippen LogP contribution >= 0.6 is 0 Å². The number of hydrogen-bond donors (Lipinski definition) is 2. The van der Waals surface area contributed by atoms with Crippen molar-refractivity contribution in [2.24, 2.45) is 0 Å². The summed E-state index contributed by atoms with van der Waals surface area (Å²) >= 11 is 0. The van der Waals surface area contributed by atoms with Crippen molar-refractivity contribution in [1.29, 1.82) is 0 Å². The van der Waals surface area contributed by atoms with Crippen LogP contribution in [0, 0.1) is 6.92 Å². The number of nitrogens with zero attached hydrogens (tertiary/aromatic N) is 1. The Bertz CT molecular complexity index is 513. The summed E-state index contributed by atoms with van der Waals surface area (Å²) in [4.78, 5) is 2.79. The molecule has 0 saturated carbocycles. The van der Waals surface area contributed by atoms with Gasteiger partial charge in [-0.15, -0.1) is 4.83 Å². The van der Waals surface area contributed by atoms with E-state index in [-0.39, 0.29) is 0 Å². The topological polar surface area (TPSA) is 61.4 Å². The summed E-state index contributed by atoms with van der Waals surface area (Å²) in [7, 11) is -0.191. The van der Waals surface area contributed by atoms with Gasteiger partial charge in [-0.2, -0.15) is 0 Å². The molecule has 0 aliphatic rings. The summed E-state index contributed by atoms with van der Waals surface area (Å²) in [6.45, 7) is 5.50. The predicted octanol–water partition coefficient (Wildman–Crippen LogP) is 1.25. The van der Waals surface area contributed by atoms with Crippen molar-refractivity contribution in [1.82, 2.24) is 15.2 Å². The van der Waals surface area contributed by atoms with Crippen molar-refractivity contribution in [3.63, 3.8) is 0 Å². The highest BCUT2D eigenvalue weighted by atomic mass is 32.2. The number of hydrazine groups is 1. The van der Waals surface area contributed by atoms with E-state index in [9.17, 15) is 8.42 Å². The standard InChI is InChI=1S/C13H23N3O2S/c1-5-8-14-10-12-7-6-11(2)13(9-12)19(17,18)15-16(3)4/h6-7,9,14-15H,5,8,10H2,1-4H3. The quantitative estimate of drug-likeness (QED) is 0.585. The first-order valence-corrected chi connectivity index (χ1v) is 7.85. The average Bonchev–Trinajstić information content (AvgIpc) is 2.29. The van der Waals surface area contributed by atoms with Crippen molar-refractivity contribution < 1.29 is 8.42 Å². The lowest BCUT2D eigenvalue weighted by Gasteiger charge is -2.15. The molecule has 0 unspecified atom stereocenters. The molecule has 0 bridgehead atoms. The Morgan fingerprint density at radius 2 is 1.95 bits per heavy atom. The van der Waals surface area contributed by atoms with Crippen molar-refractivity contribution in [2.45, 2.75) is 31.7 Å². The van der Waals surface area contributed by atoms with Crippen LogP contribution in [-0.4, -0.2) is 34.1 Å². The Balaban J connectivity index is 2.97. The summed E-state index contributed by atoms with van der Waals surface area (Å²) in [6, 6.07) is 5.52. The molecule has 0 saturated heterocycles. The van der Waals surface area contributed by atoms with Gasteiger partial charge in [0.15, 0.2) is 0 Å². The summed E-state index contributed by atoms with van der Waals surface area (Å²) in [5.41, 5.74) is 1.71. The molecule has 0 fully saturated rings. The number of sulfonamides is 1. The zero-order valence-corrected chi connectivity index (χ0v) is 12.8. The number of rotatable bonds is 7. The van der Waals surface area contributed by atoms with Gasteiger partial charge in [-0.3, -0.25) is 0 Å². The maximum atomic E-state index is 12.2. The molecule has 0 aliphatic heterocycles. The Morgan fingerprint density at radius 3 is 2.53 bits per heavy atom. The molecule has 0 atom stereocenters. The molecular formula is C13H23N3O2S. The second-order valence-corrected chi connectivity index (χ2v) is 6.40. The monoisotopic (exact) mass is 285 g/mol. The second-order valence-electron chi connectivity index (χ2n) is 4.77. The van der Waals surface area contributed by atoms with Gasteiger partial charge >= 0.3 is 0 Å². The molecule has 108 valence electrons. The van der Waals surface area contributed by atoms with E-state index in [1.165, 1.54) is 5.01 Å². The Labute approximate surface area is 116 Å². The molecule has 0 radical (unpaired) electrons. The molecule has 0 aliphatic carbocycles. The van der Waals surface area contributed by atoms with Gasteiger partial charge in [0.05, 0.1) is 4.90 Å². The molecule has 5 nitrogen and oxygen atoms in total. The summed E-state index contributed by atoms with van der Waals surface area (Å²) in [5.74, 6) is 0. The highest BCUT2D eigenvalue weighted by Crippen LogP contribution is 2.17. The van der Waals surface area contributed by atoms with E-state index >= 15 is 0 Å². The Hall–Kier alpha value is -0.950. The molecular weight excluding hydrogens is 262 g/mol. The van der Waals surface area contributed by atoms with Crippen LogP contribution in [0.5, 0.6) is 0 Å². The molecule has 0 heterocycles. The number of benzene rings is 1. The minimum atomic E-state index is -3.50. The van der Waals surface area contributed by atoms with Crippen LogP contribution in [0.4, 0.5) is 0 Å². The third-order valence-corrected chi connectivity index (χ3v) is 4.23. The summed E-state index contributed by atoms with van der Waals surface area (Å²) in [6.07, 6.45) is 1.05. The first-order chi connectivity index (χ1) is 8.86. The average molecular weight is 285 g/mol. The third kappa shape index (κ3) is 4.91. The van der Waals surface area contributed by atoms with Gasteiger partial charge in [0.1, 0.15) is 0 Å². The van der Waals surface area contributed by atoms with E-state index in [2.05, 4.69) is 17.1 Å². The van der Waals surface area contributed by atoms with E-state index in [1.54, 1.807) is 27.1 Å². The van der Waals surface area contributed by atoms with Crippen LogP contribution in [0.15, 0.2) is 23.1 Å². The van der Waals surface area contributed by atoms with Gasteiger partial charge in [0.2, 0.25) is 0 Å². The lowest BCUT2D eigenvalue weighted by Crippen LogP contribution is -2.36. The maximum absolute atomic E-state index is 12.2. The lowest BCUT2D eigenvalue weighted by molar-refractivity contribution is 0.364. The lowest BCUT2D eigenvalue weighted by atomic mass is 10.1. The van der Waals surface area contributed by atoms with Crippen molar-refractivity contribution in [3.05, 3.63) is 29.3 Å². The fourth-order valence-electron chi connectivity index (χ4n) is 1.74. The van der Waals surface area contributed by atoms with Gasteiger partial charge in [0.25, 0.3) is 10.0 Å². The fourth-order valence-corrected chi connectivity index (χ4v) is 3.12. The zero-order chi connectivity index (χ0) is 14.5.